The molecule has 3 aromatic rings. The number of carbonyl (C=O) groups excluding carboxylic acids is 1. The first-order valence-electron chi connectivity index (χ1n) is 12.5. The molecule has 1 amide bonds. The van der Waals surface area contributed by atoms with Crippen LogP contribution in [0.25, 0.3) is 11.0 Å². The Labute approximate surface area is 198 Å². The van der Waals surface area contributed by atoms with Crippen LogP contribution in [-0.2, 0) is 17.8 Å². The Hall–Kier alpha value is -2.82. The van der Waals surface area contributed by atoms with Gasteiger partial charge < -0.3 is 14.6 Å². The van der Waals surface area contributed by atoms with E-state index in [0.717, 1.165) is 75.9 Å². The van der Waals surface area contributed by atoms with Crippen molar-refractivity contribution in [2.45, 2.75) is 78.7 Å². The molecule has 2 aromatic carbocycles. The van der Waals surface area contributed by atoms with Crippen LogP contribution >= 0.6 is 0 Å². The van der Waals surface area contributed by atoms with Crippen molar-refractivity contribution >= 4 is 16.9 Å². The number of aryl methyl sites for hydroxylation is 4. The van der Waals surface area contributed by atoms with Crippen LogP contribution in [-0.4, -0.2) is 28.6 Å². The standard InChI is InChI=1S/C28H39N3O2/c1-4-13-27(32)29-19-9-5-6-18-26-30-24-16-7-8-17-25(24)31(26)20-10-11-21-33-28-22(2)14-12-15-23(28)3/h7-8,12,14-17H,4-6,9-11,13,18-21H2,1-3H3,(H,29,32). The molecule has 1 aromatic heterocycles. The van der Waals surface area contributed by atoms with Gasteiger partial charge in [-0.05, 0) is 69.2 Å². The third-order valence-corrected chi connectivity index (χ3v) is 6.04. The second kappa shape index (κ2) is 13.0. The molecule has 1 heterocycles. The summed E-state index contributed by atoms with van der Waals surface area (Å²) in [5.41, 5.74) is 4.69. The molecule has 0 atom stereocenters. The number of rotatable bonds is 14. The van der Waals surface area contributed by atoms with Gasteiger partial charge in [0.05, 0.1) is 17.6 Å². The first-order chi connectivity index (χ1) is 16.1. The third-order valence-electron chi connectivity index (χ3n) is 6.04. The van der Waals surface area contributed by atoms with Gasteiger partial charge >= 0.3 is 0 Å². The number of imidazole rings is 1. The lowest BCUT2D eigenvalue weighted by Gasteiger charge is -2.13. The van der Waals surface area contributed by atoms with Gasteiger partial charge in [-0.1, -0.05) is 43.7 Å². The van der Waals surface area contributed by atoms with Gasteiger partial charge in [-0.15, -0.1) is 0 Å². The van der Waals surface area contributed by atoms with Gasteiger partial charge in [0.1, 0.15) is 11.6 Å². The summed E-state index contributed by atoms with van der Waals surface area (Å²) >= 11 is 0. The monoisotopic (exact) mass is 449 g/mol. The fourth-order valence-corrected chi connectivity index (χ4v) is 4.27. The number of nitrogens with one attached hydrogen (secondary N) is 1. The predicted molar refractivity (Wildman–Crippen MR) is 136 cm³/mol. The van der Waals surface area contributed by atoms with Gasteiger partial charge in [-0.2, -0.15) is 0 Å². The smallest absolute Gasteiger partial charge is 0.219 e. The van der Waals surface area contributed by atoms with E-state index in [1.165, 1.54) is 22.5 Å². The first-order valence-corrected chi connectivity index (χ1v) is 12.5. The van der Waals surface area contributed by atoms with Gasteiger partial charge in [0.15, 0.2) is 0 Å². The molecule has 0 bridgehead atoms. The summed E-state index contributed by atoms with van der Waals surface area (Å²) in [5.74, 6) is 2.36. The van der Waals surface area contributed by atoms with Crippen molar-refractivity contribution in [2.75, 3.05) is 13.2 Å². The van der Waals surface area contributed by atoms with Crippen molar-refractivity contribution < 1.29 is 9.53 Å². The molecule has 0 saturated heterocycles. The Kier molecular flexibility index (Phi) is 9.79. The number of para-hydroxylation sites is 3. The maximum absolute atomic E-state index is 11.6. The average Bonchev–Trinajstić information content (AvgIpc) is 3.15. The molecular weight excluding hydrogens is 410 g/mol. The van der Waals surface area contributed by atoms with E-state index in [1.54, 1.807) is 0 Å². The second-order valence-electron chi connectivity index (χ2n) is 8.86. The number of hydrogen-bond donors (Lipinski definition) is 1. The quantitative estimate of drug-likeness (QED) is 0.301. The molecule has 0 spiro atoms. The van der Waals surface area contributed by atoms with Crippen LogP contribution in [0.15, 0.2) is 42.5 Å². The van der Waals surface area contributed by atoms with Gasteiger partial charge in [0.25, 0.3) is 0 Å². The summed E-state index contributed by atoms with van der Waals surface area (Å²) in [4.78, 5) is 16.5. The zero-order valence-electron chi connectivity index (χ0n) is 20.5. The minimum atomic E-state index is 0.167. The van der Waals surface area contributed by atoms with Gasteiger partial charge in [0.2, 0.25) is 5.91 Å². The van der Waals surface area contributed by atoms with Gasteiger partial charge in [-0.25, -0.2) is 4.98 Å². The van der Waals surface area contributed by atoms with E-state index in [0.29, 0.717) is 6.42 Å². The van der Waals surface area contributed by atoms with Crippen molar-refractivity contribution in [1.29, 1.82) is 0 Å². The molecule has 0 aliphatic heterocycles. The second-order valence-corrected chi connectivity index (χ2v) is 8.86. The van der Waals surface area contributed by atoms with Crippen LogP contribution < -0.4 is 10.1 Å². The van der Waals surface area contributed by atoms with Crippen LogP contribution in [0.4, 0.5) is 0 Å². The lowest BCUT2D eigenvalue weighted by atomic mass is 10.1. The van der Waals surface area contributed by atoms with Crippen LogP contribution in [0, 0.1) is 13.8 Å². The van der Waals surface area contributed by atoms with E-state index in [1.807, 2.05) is 6.92 Å². The summed E-state index contributed by atoms with van der Waals surface area (Å²) in [6, 6.07) is 14.7. The normalized spacial score (nSPS) is 11.1. The Balaban J connectivity index is 1.47. The Morgan fingerprint density at radius 2 is 1.76 bits per heavy atom. The lowest BCUT2D eigenvalue weighted by Crippen LogP contribution is -2.23. The average molecular weight is 450 g/mol. The molecule has 0 unspecified atom stereocenters. The predicted octanol–water partition coefficient (Wildman–Crippen LogP) is 6.14. The Bertz CT molecular complexity index is 1000. The molecule has 0 saturated carbocycles. The molecule has 1 N–H and O–H groups in total. The zero-order valence-corrected chi connectivity index (χ0v) is 20.5. The maximum atomic E-state index is 11.6. The maximum Gasteiger partial charge on any atom is 0.219 e. The number of carbonyl (C=O) groups is 1. The molecule has 178 valence electrons. The summed E-state index contributed by atoms with van der Waals surface area (Å²) in [5, 5.41) is 3.00. The number of amides is 1. The number of aromatic nitrogens is 2. The van der Waals surface area contributed by atoms with Crippen LogP contribution in [0.2, 0.25) is 0 Å². The SMILES string of the molecule is CCCC(=O)NCCCCCc1nc2ccccc2n1CCCCOc1c(C)cccc1C. The fraction of sp³-hybridized carbons (Fsp3) is 0.500. The molecule has 0 aliphatic carbocycles. The molecule has 5 heteroatoms. The van der Waals surface area contributed by atoms with E-state index >= 15 is 0 Å². The summed E-state index contributed by atoms with van der Waals surface area (Å²) in [6.07, 6.45) is 7.77. The van der Waals surface area contributed by atoms with Crippen molar-refractivity contribution in [3.8, 4) is 5.75 Å². The van der Waals surface area contributed by atoms with E-state index in [4.69, 9.17) is 9.72 Å². The number of nitrogens with zero attached hydrogens (tertiary/aromatic N) is 2. The fourth-order valence-electron chi connectivity index (χ4n) is 4.27. The minimum Gasteiger partial charge on any atom is -0.493 e. The summed E-state index contributed by atoms with van der Waals surface area (Å²) in [6.45, 7) is 8.70. The van der Waals surface area contributed by atoms with Gasteiger partial charge in [0, 0.05) is 25.9 Å². The number of hydrogen-bond acceptors (Lipinski definition) is 3. The zero-order chi connectivity index (χ0) is 23.5. The lowest BCUT2D eigenvalue weighted by molar-refractivity contribution is -0.121. The highest BCUT2D eigenvalue weighted by Gasteiger charge is 2.10. The van der Waals surface area contributed by atoms with Crippen molar-refractivity contribution in [3.05, 3.63) is 59.4 Å². The van der Waals surface area contributed by atoms with E-state index in [9.17, 15) is 4.79 Å². The highest BCUT2D eigenvalue weighted by atomic mass is 16.5. The molecule has 0 radical (unpaired) electrons. The highest BCUT2D eigenvalue weighted by molar-refractivity contribution is 5.76. The van der Waals surface area contributed by atoms with Crippen molar-refractivity contribution in [2.24, 2.45) is 0 Å². The largest absolute Gasteiger partial charge is 0.493 e. The number of unbranched alkanes of at least 4 members (excludes halogenated alkanes) is 3. The summed E-state index contributed by atoms with van der Waals surface area (Å²) < 4.78 is 8.47. The summed E-state index contributed by atoms with van der Waals surface area (Å²) in [7, 11) is 0. The topological polar surface area (TPSA) is 56.2 Å². The van der Waals surface area contributed by atoms with E-state index in [-0.39, 0.29) is 5.91 Å². The molecule has 5 nitrogen and oxygen atoms in total. The molecular formula is C28H39N3O2. The Morgan fingerprint density at radius 1 is 0.970 bits per heavy atom. The highest BCUT2D eigenvalue weighted by Crippen LogP contribution is 2.23. The Morgan fingerprint density at radius 3 is 2.55 bits per heavy atom. The van der Waals surface area contributed by atoms with Crippen LogP contribution in [0.1, 0.15) is 68.8 Å². The van der Waals surface area contributed by atoms with E-state index in [2.05, 4.69) is 66.2 Å². The minimum absolute atomic E-state index is 0.167. The number of fused-ring (bicyclic) bond motifs is 1. The molecule has 0 fully saturated rings. The van der Waals surface area contributed by atoms with Crippen LogP contribution in [0.3, 0.4) is 0 Å². The molecule has 0 aliphatic rings. The van der Waals surface area contributed by atoms with E-state index < -0.39 is 0 Å². The van der Waals surface area contributed by atoms with Gasteiger partial charge in [-0.3, -0.25) is 4.79 Å². The van der Waals surface area contributed by atoms with Crippen molar-refractivity contribution in [3.63, 3.8) is 0 Å². The third kappa shape index (κ3) is 7.34. The van der Waals surface area contributed by atoms with Crippen LogP contribution in [0.5, 0.6) is 5.75 Å². The number of ether oxygens (including phenoxy) is 1. The van der Waals surface area contributed by atoms with Crippen molar-refractivity contribution in [1.82, 2.24) is 14.9 Å². The number of benzene rings is 2. The first kappa shape index (κ1) is 24.8. The molecule has 3 rings (SSSR count). The molecule has 33 heavy (non-hydrogen) atoms.